The highest BCUT2D eigenvalue weighted by Crippen LogP contribution is 2.23. The molecule has 2 heterocycles. The first kappa shape index (κ1) is 17.7. The minimum atomic E-state index is -0.763. The lowest BCUT2D eigenvalue weighted by atomic mass is 10.2. The maximum Gasteiger partial charge on any atom is 0.361 e. The zero-order valence-corrected chi connectivity index (χ0v) is 15.3. The minimum absolute atomic E-state index is 0.0915. The molecule has 0 fully saturated rings. The smallest absolute Gasteiger partial charge is 0.361 e. The monoisotopic (exact) mass is 375 g/mol. The molecule has 4 aromatic rings. The molecule has 0 saturated heterocycles. The van der Waals surface area contributed by atoms with Gasteiger partial charge >= 0.3 is 5.97 Å². The van der Waals surface area contributed by atoms with Crippen LogP contribution in [0.2, 0.25) is 0 Å². The molecule has 7 heteroatoms. The first-order chi connectivity index (χ1) is 13.5. The molecule has 0 aliphatic carbocycles. The summed E-state index contributed by atoms with van der Waals surface area (Å²) in [4.78, 5) is 36.1. The summed E-state index contributed by atoms with van der Waals surface area (Å²) in [6.45, 7) is 3.29. The Labute approximate surface area is 160 Å². The number of carbonyl (C=O) groups is 1. The summed E-state index contributed by atoms with van der Waals surface area (Å²) in [6, 6.07) is 16.3. The maximum absolute atomic E-state index is 12.6. The van der Waals surface area contributed by atoms with Crippen LogP contribution in [0.5, 0.6) is 0 Å². The number of carbonyl (C=O) groups excluding carboxylic acids is 1. The van der Waals surface area contributed by atoms with Gasteiger partial charge in [0, 0.05) is 5.56 Å². The van der Waals surface area contributed by atoms with Crippen LogP contribution < -0.4 is 5.56 Å². The van der Waals surface area contributed by atoms with Crippen molar-refractivity contribution in [2.45, 2.75) is 20.0 Å². The number of hydrogen-bond donors (Lipinski definition) is 1. The number of ether oxygens (including phenoxy) is 1. The van der Waals surface area contributed by atoms with E-state index in [1.54, 1.807) is 38.1 Å². The topological polar surface area (TPSA) is 98.1 Å². The van der Waals surface area contributed by atoms with Gasteiger partial charge in [0.15, 0.2) is 17.6 Å². The van der Waals surface area contributed by atoms with Gasteiger partial charge in [0.1, 0.15) is 5.76 Å². The van der Waals surface area contributed by atoms with Crippen molar-refractivity contribution >= 4 is 16.9 Å². The van der Waals surface area contributed by atoms with Crippen LogP contribution in [0, 0.1) is 6.92 Å². The van der Waals surface area contributed by atoms with Gasteiger partial charge in [-0.3, -0.25) is 4.79 Å². The number of oxazole rings is 1. The standard InChI is InChI=1S/C21H17N3O4/c1-12-17(23-20(27-12)14-8-4-3-5-9-14)21(26)28-13(2)18-22-16-11-7-6-10-15(16)19(25)24-18/h3-11,13H,1-2H3,(H,22,24,25)/t13-/m1/s1. The number of rotatable bonds is 4. The van der Waals surface area contributed by atoms with Crippen molar-refractivity contribution in [3.8, 4) is 11.5 Å². The number of aromatic amines is 1. The predicted molar refractivity (Wildman–Crippen MR) is 103 cm³/mol. The fraction of sp³-hybridized carbons (Fsp3) is 0.143. The van der Waals surface area contributed by atoms with Crippen LogP contribution >= 0.6 is 0 Å². The second kappa shape index (κ2) is 7.11. The molecular weight excluding hydrogens is 358 g/mol. The van der Waals surface area contributed by atoms with Crippen LogP contribution in [0.4, 0.5) is 0 Å². The lowest BCUT2D eigenvalue weighted by molar-refractivity contribution is 0.0312. The van der Waals surface area contributed by atoms with Gasteiger partial charge in [0.25, 0.3) is 5.56 Å². The number of aromatic nitrogens is 3. The second-order valence-corrected chi connectivity index (χ2v) is 6.31. The fourth-order valence-electron chi connectivity index (χ4n) is 2.86. The third-order valence-corrected chi connectivity index (χ3v) is 4.31. The zero-order chi connectivity index (χ0) is 19.7. The average Bonchev–Trinajstić information content (AvgIpc) is 3.10. The Kier molecular flexibility index (Phi) is 4.49. The van der Waals surface area contributed by atoms with Crippen LogP contribution in [-0.2, 0) is 4.74 Å². The molecule has 1 atom stereocenters. The molecule has 28 heavy (non-hydrogen) atoms. The number of fused-ring (bicyclic) bond motifs is 1. The van der Waals surface area contributed by atoms with Gasteiger partial charge in [0.05, 0.1) is 10.9 Å². The van der Waals surface area contributed by atoms with Crippen LogP contribution in [0.1, 0.15) is 35.1 Å². The fourth-order valence-corrected chi connectivity index (χ4v) is 2.86. The highest BCUT2D eigenvalue weighted by molar-refractivity contribution is 5.89. The molecule has 0 aliphatic rings. The molecule has 0 saturated carbocycles. The number of H-pyrrole nitrogens is 1. The van der Waals surface area contributed by atoms with Crippen molar-refractivity contribution in [3.63, 3.8) is 0 Å². The Hall–Kier alpha value is -3.74. The highest BCUT2D eigenvalue weighted by Gasteiger charge is 2.23. The second-order valence-electron chi connectivity index (χ2n) is 6.31. The van der Waals surface area contributed by atoms with Gasteiger partial charge in [-0.15, -0.1) is 0 Å². The molecule has 2 aromatic heterocycles. The summed E-state index contributed by atoms with van der Waals surface area (Å²) >= 11 is 0. The van der Waals surface area contributed by atoms with E-state index in [1.807, 2.05) is 30.3 Å². The zero-order valence-electron chi connectivity index (χ0n) is 15.3. The molecule has 0 radical (unpaired) electrons. The minimum Gasteiger partial charge on any atom is -0.450 e. The van der Waals surface area contributed by atoms with E-state index in [9.17, 15) is 9.59 Å². The number of para-hydroxylation sites is 1. The van der Waals surface area contributed by atoms with E-state index in [-0.39, 0.29) is 17.1 Å². The summed E-state index contributed by atoms with van der Waals surface area (Å²) in [6.07, 6.45) is -0.763. The van der Waals surface area contributed by atoms with Gasteiger partial charge in [-0.25, -0.2) is 14.8 Å². The maximum atomic E-state index is 12.6. The molecule has 0 bridgehead atoms. The number of nitrogens with one attached hydrogen (secondary N) is 1. The molecule has 7 nitrogen and oxygen atoms in total. The summed E-state index contributed by atoms with van der Waals surface area (Å²) in [5, 5.41) is 0.477. The Morgan fingerprint density at radius 1 is 1.07 bits per heavy atom. The number of aryl methyl sites for hydroxylation is 1. The van der Waals surface area contributed by atoms with E-state index in [0.29, 0.717) is 22.6 Å². The van der Waals surface area contributed by atoms with E-state index in [1.165, 1.54) is 0 Å². The van der Waals surface area contributed by atoms with Gasteiger partial charge in [0.2, 0.25) is 5.89 Å². The first-order valence-corrected chi connectivity index (χ1v) is 8.75. The van der Waals surface area contributed by atoms with Gasteiger partial charge < -0.3 is 14.1 Å². The van der Waals surface area contributed by atoms with Crippen molar-refractivity contribution in [2.24, 2.45) is 0 Å². The van der Waals surface area contributed by atoms with Gasteiger partial charge in [-0.1, -0.05) is 30.3 Å². The summed E-state index contributed by atoms with van der Waals surface area (Å²) in [5.41, 5.74) is 1.10. The lowest BCUT2D eigenvalue weighted by Gasteiger charge is -2.12. The largest absolute Gasteiger partial charge is 0.450 e. The summed E-state index contributed by atoms with van der Waals surface area (Å²) < 4.78 is 11.1. The molecule has 0 unspecified atom stereocenters. The average molecular weight is 375 g/mol. The molecule has 2 aromatic carbocycles. The van der Waals surface area contributed by atoms with Crippen molar-refractivity contribution in [1.82, 2.24) is 15.0 Å². The molecule has 4 rings (SSSR count). The van der Waals surface area contributed by atoms with Crippen LogP contribution in [0.3, 0.4) is 0 Å². The van der Waals surface area contributed by atoms with Crippen LogP contribution in [-0.4, -0.2) is 20.9 Å². The van der Waals surface area contributed by atoms with Crippen molar-refractivity contribution in [3.05, 3.63) is 82.2 Å². The molecule has 0 amide bonds. The van der Waals surface area contributed by atoms with Crippen molar-refractivity contribution in [1.29, 1.82) is 0 Å². The number of hydrogen-bond acceptors (Lipinski definition) is 6. The van der Waals surface area contributed by atoms with E-state index >= 15 is 0 Å². The van der Waals surface area contributed by atoms with E-state index < -0.39 is 12.1 Å². The number of benzene rings is 2. The van der Waals surface area contributed by atoms with Crippen LogP contribution in [0.25, 0.3) is 22.4 Å². The highest BCUT2D eigenvalue weighted by atomic mass is 16.5. The van der Waals surface area contributed by atoms with E-state index in [0.717, 1.165) is 5.56 Å². The van der Waals surface area contributed by atoms with Crippen LogP contribution in [0.15, 0.2) is 63.8 Å². The third-order valence-electron chi connectivity index (χ3n) is 4.31. The predicted octanol–water partition coefficient (Wildman–Crippen LogP) is 3.80. The van der Waals surface area contributed by atoms with E-state index in [2.05, 4.69) is 15.0 Å². The normalized spacial score (nSPS) is 12.1. The number of nitrogens with zero attached hydrogens (tertiary/aromatic N) is 2. The SMILES string of the molecule is Cc1oc(-c2ccccc2)nc1C(=O)O[C@H](C)c1nc2ccccc2c(=O)[nH]1. The van der Waals surface area contributed by atoms with E-state index in [4.69, 9.17) is 9.15 Å². The Morgan fingerprint density at radius 3 is 2.57 bits per heavy atom. The van der Waals surface area contributed by atoms with Crippen molar-refractivity contribution < 1.29 is 13.9 Å². The molecule has 0 aliphatic heterocycles. The molecular formula is C21H17N3O4. The Morgan fingerprint density at radius 2 is 1.79 bits per heavy atom. The molecule has 140 valence electrons. The summed E-state index contributed by atoms with van der Waals surface area (Å²) in [7, 11) is 0. The van der Waals surface area contributed by atoms with Gasteiger partial charge in [-0.2, -0.15) is 0 Å². The lowest BCUT2D eigenvalue weighted by Crippen LogP contribution is -2.18. The first-order valence-electron chi connectivity index (χ1n) is 8.75. The third kappa shape index (κ3) is 3.29. The van der Waals surface area contributed by atoms with Gasteiger partial charge in [-0.05, 0) is 38.1 Å². The Balaban J connectivity index is 1.59. The van der Waals surface area contributed by atoms with Crippen molar-refractivity contribution in [2.75, 3.05) is 0 Å². The quantitative estimate of drug-likeness (QED) is 0.545. The molecule has 1 N–H and O–H groups in total. The summed E-state index contributed by atoms with van der Waals surface area (Å²) in [5.74, 6) is 0.319. The number of esters is 1. The molecule has 0 spiro atoms. The Bertz CT molecular complexity index is 1210.